The van der Waals surface area contributed by atoms with Crippen LogP contribution in [0.2, 0.25) is 0 Å². The van der Waals surface area contributed by atoms with Gasteiger partial charge in [-0.25, -0.2) is 4.98 Å². The third kappa shape index (κ3) is 4.73. The fourth-order valence-electron chi connectivity index (χ4n) is 2.91. The van der Waals surface area contributed by atoms with Gasteiger partial charge in [-0.1, -0.05) is 44.2 Å². The molecule has 2 aromatic rings. The summed E-state index contributed by atoms with van der Waals surface area (Å²) in [5.41, 5.74) is 1.33. The van der Waals surface area contributed by atoms with Gasteiger partial charge in [0.05, 0.1) is 9.49 Å². The number of hydrogen-bond acceptors (Lipinski definition) is 5. The first-order chi connectivity index (χ1) is 12.5. The van der Waals surface area contributed by atoms with Gasteiger partial charge in [-0.15, -0.1) is 0 Å². The number of aromatic nitrogens is 1. The molecule has 0 amide bonds. The van der Waals surface area contributed by atoms with Crippen molar-refractivity contribution in [2.24, 2.45) is 5.92 Å². The molecule has 0 atom stereocenters. The van der Waals surface area contributed by atoms with Crippen molar-refractivity contribution < 1.29 is 9.53 Å². The lowest BCUT2D eigenvalue weighted by Crippen LogP contribution is -2.46. The van der Waals surface area contributed by atoms with Gasteiger partial charge in [0.25, 0.3) is 0 Å². The monoisotopic (exact) mass is 465 g/mol. The molecule has 1 aromatic carbocycles. The molecule has 0 radical (unpaired) electrons. The minimum Gasteiger partial charge on any atom is -0.421 e. The number of piperazine rings is 1. The smallest absolute Gasteiger partial charge is 0.313 e. The average molecular weight is 465 g/mol. The van der Waals surface area contributed by atoms with Gasteiger partial charge in [0.1, 0.15) is 0 Å². The maximum absolute atomic E-state index is 12.1. The molecule has 0 N–H and O–H groups in total. The minimum atomic E-state index is -0.222. The van der Waals surface area contributed by atoms with Crippen molar-refractivity contribution in [1.29, 1.82) is 0 Å². The molecule has 1 aromatic heterocycles. The lowest BCUT2D eigenvalue weighted by Gasteiger charge is -2.36. The van der Waals surface area contributed by atoms with Crippen LogP contribution in [0.5, 0.6) is 5.75 Å². The molecule has 5 nitrogen and oxygen atoms in total. The predicted molar refractivity (Wildman–Crippen MR) is 111 cm³/mol. The number of hydrogen-bond donors (Lipinski definition) is 0. The number of ether oxygens (including phenoxy) is 1. The van der Waals surface area contributed by atoms with Gasteiger partial charge < -0.3 is 9.64 Å². The van der Waals surface area contributed by atoms with E-state index in [2.05, 4.69) is 61.6 Å². The fraction of sp³-hybridized carbons (Fsp3) is 0.400. The van der Waals surface area contributed by atoms with Gasteiger partial charge >= 0.3 is 5.97 Å². The molecule has 1 fully saturated rings. The summed E-state index contributed by atoms with van der Waals surface area (Å²) in [7, 11) is 0. The van der Waals surface area contributed by atoms with Crippen molar-refractivity contribution in [2.75, 3.05) is 31.1 Å². The Kier molecular flexibility index (Phi) is 6.48. The van der Waals surface area contributed by atoms with Crippen LogP contribution in [0.3, 0.4) is 0 Å². The molecular weight excluding hydrogens is 441 g/mol. The summed E-state index contributed by atoms with van der Waals surface area (Å²) >= 11 is 2.20. The maximum Gasteiger partial charge on any atom is 0.313 e. The average Bonchev–Trinajstić information content (AvgIpc) is 2.65. The third-order valence-electron chi connectivity index (χ3n) is 4.43. The molecule has 1 saturated heterocycles. The van der Waals surface area contributed by atoms with Crippen molar-refractivity contribution in [3.05, 3.63) is 51.7 Å². The number of benzene rings is 1. The molecule has 0 bridgehead atoms. The SMILES string of the molecule is CC(C)C(=O)Oc1c(I)ccnc1N1CCN(Cc2ccccc2)CC1. The number of esters is 1. The van der Waals surface area contributed by atoms with Crippen LogP contribution in [-0.4, -0.2) is 42.0 Å². The van der Waals surface area contributed by atoms with Crippen LogP contribution in [0.15, 0.2) is 42.6 Å². The molecule has 0 unspecified atom stereocenters. The summed E-state index contributed by atoms with van der Waals surface area (Å²) in [6, 6.07) is 12.4. The quantitative estimate of drug-likeness (QED) is 0.499. The summed E-state index contributed by atoms with van der Waals surface area (Å²) in [5, 5.41) is 0. The van der Waals surface area contributed by atoms with Crippen molar-refractivity contribution in [3.8, 4) is 5.75 Å². The Balaban J connectivity index is 1.67. The Hall–Kier alpha value is -1.67. The van der Waals surface area contributed by atoms with Crippen molar-refractivity contribution >= 4 is 34.4 Å². The number of anilines is 1. The van der Waals surface area contributed by atoms with Crippen LogP contribution in [0.25, 0.3) is 0 Å². The Morgan fingerprint density at radius 2 is 1.85 bits per heavy atom. The van der Waals surface area contributed by atoms with E-state index in [9.17, 15) is 4.79 Å². The topological polar surface area (TPSA) is 45.7 Å². The van der Waals surface area contributed by atoms with Crippen LogP contribution >= 0.6 is 22.6 Å². The highest BCUT2D eigenvalue weighted by molar-refractivity contribution is 14.1. The van der Waals surface area contributed by atoms with Crippen LogP contribution < -0.4 is 9.64 Å². The maximum atomic E-state index is 12.1. The summed E-state index contributed by atoms with van der Waals surface area (Å²) in [5.74, 6) is 0.968. The first kappa shape index (κ1) is 19.1. The molecule has 3 rings (SSSR count). The van der Waals surface area contributed by atoms with Gasteiger partial charge in [0.2, 0.25) is 0 Å². The zero-order valence-electron chi connectivity index (χ0n) is 15.2. The van der Waals surface area contributed by atoms with E-state index < -0.39 is 0 Å². The van der Waals surface area contributed by atoms with Gasteiger partial charge in [-0.3, -0.25) is 9.69 Å². The number of rotatable bonds is 5. The van der Waals surface area contributed by atoms with E-state index in [4.69, 9.17) is 4.74 Å². The fourth-order valence-corrected chi connectivity index (χ4v) is 3.42. The first-order valence-corrected chi connectivity index (χ1v) is 10.00. The second-order valence-electron chi connectivity index (χ2n) is 6.77. The highest BCUT2D eigenvalue weighted by Gasteiger charge is 2.24. The molecule has 6 heteroatoms. The molecule has 0 saturated carbocycles. The first-order valence-electron chi connectivity index (χ1n) is 8.92. The van der Waals surface area contributed by atoms with Gasteiger partial charge in [-0.2, -0.15) is 0 Å². The molecule has 2 heterocycles. The van der Waals surface area contributed by atoms with Crippen molar-refractivity contribution in [1.82, 2.24) is 9.88 Å². The molecular formula is C20H24IN3O2. The van der Waals surface area contributed by atoms with E-state index in [1.165, 1.54) is 5.56 Å². The zero-order chi connectivity index (χ0) is 18.5. The Morgan fingerprint density at radius 1 is 1.15 bits per heavy atom. The van der Waals surface area contributed by atoms with E-state index in [-0.39, 0.29) is 11.9 Å². The van der Waals surface area contributed by atoms with Gasteiger partial charge in [-0.05, 0) is 34.2 Å². The molecule has 26 heavy (non-hydrogen) atoms. The van der Waals surface area contributed by atoms with Crippen LogP contribution in [0.4, 0.5) is 5.82 Å². The van der Waals surface area contributed by atoms with Crippen molar-refractivity contribution in [3.63, 3.8) is 0 Å². The molecule has 0 aliphatic carbocycles. The Bertz CT molecular complexity index is 744. The van der Waals surface area contributed by atoms with E-state index in [0.29, 0.717) is 5.75 Å². The second-order valence-corrected chi connectivity index (χ2v) is 7.93. The lowest BCUT2D eigenvalue weighted by atomic mass is 10.2. The highest BCUT2D eigenvalue weighted by atomic mass is 127. The predicted octanol–water partition coefficient (Wildman–Crippen LogP) is 3.57. The third-order valence-corrected chi connectivity index (χ3v) is 5.28. The molecule has 1 aliphatic heterocycles. The molecule has 0 spiro atoms. The number of nitrogens with zero attached hydrogens (tertiary/aromatic N) is 3. The molecule has 1 aliphatic rings. The number of halogens is 1. The van der Waals surface area contributed by atoms with Gasteiger partial charge in [0, 0.05) is 38.9 Å². The van der Waals surface area contributed by atoms with Crippen LogP contribution in [0.1, 0.15) is 19.4 Å². The summed E-state index contributed by atoms with van der Waals surface area (Å²) in [6.07, 6.45) is 1.78. The molecule has 138 valence electrons. The van der Waals surface area contributed by atoms with E-state index >= 15 is 0 Å². The van der Waals surface area contributed by atoms with Crippen LogP contribution in [-0.2, 0) is 11.3 Å². The minimum absolute atomic E-state index is 0.165. The standard InChI is InChI=1S/C20H24IN3O2/c1-15(2)20(25)26-18-17(21)8-9-22-19(18)24-12-10-23(11-13-24)14-16-6-4-3-5-7-16/h3-9,15H,10-14H2,1-2H3. The van der Waals surface area contributed by atoms with Crippen molar-refractivity contribution in [2.45, 2.75) is 20.4 Å². The van der Waals surface area contributed by atoms with Gasteiger partial charge in [0.15, 0.2) is 11.6 Å². The summed E-state index contributed by atoms with van der Waals surface area (Å²) in [4.78, 5) is 21.2. The Morgan fingerprint density at radius 3 is 2.50 bits per heavy atom. The van der Waals surface area contributed by atoms with E-state index in [0.717, 1.165) is 42.1 Å². The van der Waals surface area contributed by atoms with E-state index in [1.807, 2.05) is 26.0 Å². The second kappa shape index (κ2) is 8.81. The summed E-state index contributed by atoms with van der Waals surface area (Å²) in [6.45, 7) is 8.29. The Labute approximate surface area is 168 Å². The number of carbonyl (C=O) groups is 1. The highest BCUT2D eigenvalue weighted by Crippen LogP contribution is 2.32. The normalized spacial score (nSPS) is 15.3. The van der Waals surface area contributed by atoms with Crippen LogP contribution in [0, 0.1) is 9.49 Å². The largest absolute Gasteiger partial charge is 0.421 e. The van der Waals surface area contributed by atoms with E-state index in [1.54, 1.807) is 6.20 Å². The summed E-state index contributed by atoms with van der Waals surface area (Å²) < 4.78 is 6.56. The zero-order valence-corrected chi connectivity index (χ0v) is 17.3. The number of pyridine rings is 1. The lowest BCUT2D eigenvalue weighted by molar-refractivity contribution is -0.137. The number of carbonyl (C=O) groups excluding carboxylic acids is 1.